The van der Waals surface area contributed by atoms with Crippen molar-refractivity contribution in [1.29, 1.82) is 0 Å². The van der Waals surface area contributed by atoms with Gasteiger partial charge in [0.05, 0.1) is 39.5 Å². The molecular formula is C95H58B3N3O9. The average Bonchev–Trinajstić information content (AvgIpc) is 0.723. The van der Waals surface area contributed by atoms with Gasteiger partial charge >= 0.3 is 0 Å². The number of anilines is 6. The number of benzene rings is 15. The first-order valence-electron chi connectivity index (χ1n) is 37.6. The Bertz CT molecular complexity index is 6470. The zero-order valence-electron chi connectivity index (χ0n) is 59.4. The van der Waals surface area contributed by atoms with Crippen molar-refractivity contribution >= 4 is 125 Å². The van der Waals surface area contributed by atoms with Crippen LogP contribution in [0.1, 0.15) is 36.1 Å². The van der Waals surface area contributed by atoms with E-state index in [9.17, 15) is 0 Å². The van der Waals surface area contributed by atoms with Crippen LogP contribution in [0.4, 0.5) is 34.1 Å². The second kappa shape index (κ2) is 22.1. The summed E-state index contributed by atoms with van der Waals surface area (Å²) < 4.78 is 60.7. The lowest BCUT2D eigenvalue weighted by Crippen LogP contribution is -2.59. The zero-order valence-corrected chi connectivity index (χ0v) is 59.4. The van der Waals surface area contributed by atoms with Gasteiger partial charge in [0, 0.05) is 113 Å². The van der Waals surface area contributed by atoms with Crippen molar-refractivity contribution < 1.29 is 42.6 Å². The van der Waals surface area contributed by atoms with Crippen molar-refractivity contribution in [3.8, 4) is 109 Å². The largest absolute Gasteiger partial charge is 0.458 e. The number of aryl methyl sites for hydroxylation is 2. The van der Waals surface area contributed by atoms with E-state index in [0.717, 1.165) is 194 Å². The number of fused-ring (bicyclic) bond motifs is 7. The van der Waals surface area contributed by atoms with Crippen molar-refractivity contribution in [3.05, 3.63) is 313 Å². The summed E-state index contributed by atoms with van der Waals surface area (Å²) in [6, 6.07) is 101. The molecule has 0 radical (unpaired) electrons. The van der Waals surface area contributed by atoms with Gasteiger partial charge in [-0.2, -0.15) is 0 Å². The van der Waals surface area contributed by atoms with Gasteiger partial charge in [0.2, 0.25) is 0 Å². The van der Waals surface area contributed by atoms with E-state index in [0.29, 0.717) is 0 Å². The van der Waals surface area contributed by atoms with Gasteiger partial charge < -0.3 is 57.0 Å². The lowest BCUT2D eigenvalue weighted by Gasteiger charge is -2.43. The molecule has 15 heteroatoms. The molecule has 1 aromatic heterocycles. The molecule has 12 nitrogen and oxygen atoms in total. The normalized spacial score (nSPS) is 14.8. The third kappa shape index (κ3) is 8.32. The average molecular weight is 1420 g/mol. The molecule has 110 heavy (non-hydrogen) atoms. The van der Waals surface area contributed by atoms with Gasteiger partial charge in [-0.15, -0.1) is 0 Å². The second-order valence-electron chi connectivity index (χ2n) is 30.2. The monoisotopic (exact) mass is 1420 g/mol. The maximum absolute atomic E-state index is 6.61. The molecule has 15 aromatic carbocycles. The van der Waals surface area contributed by atoms with Gasteiger partial charge in [-0.25, -0.2) is 0 Å². The summed E-state index contributed by atoms with van der Waals surface area (Å²) in [5, 5.41) is 2.46. The lowest BCUT2D eigenvalue weighted by atomic mass is 9.34. The number of para-hydroxylation sites is 6. The molecule has 0 atom stereocenters. The smallest absolute Gasteiger partial charge is 0.270 e. The number of aromatic nitrogens is 1. The molecule has 0 unspecified atom stereocenters. The van der Waals surface area contributed by atoms with Crippen molar-refractivity contribution in [2.24, 2.45) is 0 Å². The van der Waals surface area contributed by atoms with Gasteiger partial charge in [0.25, 0.3) is 20.1 Å². The number of rotatable bonds is 3. The van der Waals surface area contributed by atoms with Gasteiger partial charge in [-0.05, 0) is 144 Å². The molecule has 0 fully saturated rings. The van der Waals surface area contributed by atoms with E-state index in [1.165, 1.54) is 55.8 Å². The molecule has 11 aliphatic rings. The number of hydrogen-bond donors (Lipinski definition) is 0. The van der Waals surface area contributed by atoms with E-state index >= 15 is 0 Å². The van der Waals surface area contributed by atoms with Gasteiger partial charge in [-0.1, -0.05) is 159 Å². The second-order valence-corrected chi connectivity index (χ2v) is 30.2. The fourth-order valence-corrected chi connectivity index (χ4v) is 19.5. The van der Waals surface area contributed by atoms with E-state index in [2.05, 4.69) is 210 Å². The van der Waals surface area contributed by atoms with E-state index in [4.69, 9.17) is 42.6 Å². The van der Waals surface area contributed by atoms with Crippen LogP contribution in [-0.2, 0) is 18.3 Å². The molecule has 16 aromatic rings. The minimum absolute atomic E-state index is 0.0163. The van der Waals surface area contributed by atoms with E-state index in [-0.39, 0.29) is 25.6 Å². The summed E-state index contributed by atoms with van der Waals surface area (Å²) in [5.41, 5.74) is 24.9. The van der Waals surface area contributed by atoms with Crippen molar-refractivity contribution in [3.63, 3.8) is 0 Å². The Labute approximate surface area is 633 Å². The minimum atomic E-state index is -0.119. The SMILES string of the molecule is CC1(C)c2ccccc2N(c2cc3c4c(c2)Oc2cccc5c2B4c2c(cccc2O3)O5)c2ccccc21.c1cc2c3c(c1)Oc1cc(-n4c5ccccc5c5ccccc54)cc4c1B3c1c(cccc1O4)O2.c1ccc2c(c1)CCc1ccccc1N2c1cc2c3c(c1)Oc1cccc4c1B3c1c(cccc1O2)O4. The summed E-state index contributed by atoms with van der Waals surface area (Å²) >= 11 is 0. The summed E-state index contributed by atoms with van der Waals surface area (Å²) in [6.45, 7) is 4.68. The maximum Gasteiger partial charge on any atom is 0.270 e. The molecule has 0 saturated carbocycles. The summed E-state index contributed by atoms with van der Waals surface area (Å²) in [6.07, 6.45) is 2.01. The van der Waals surface area contributed by atoms with Gasteiger partial charge in [0.15, 0.2) is 0 Å². The summed E-state index contributed by atoms with van der Waals surface area (Å²) in [7, 11) is 0. The van der Waals surface area contributed by atoms with Crippen LogP contribution in [0.15, 0.2) is 291 Å². The summed E-state index contributed by atoms with van der Waals surface area (Å²) in [4.78, 5) is 4.71. The number of hydrogen-bond acceptors (Lipinski definition) is 11. The Morgan fingerprint density at radius 3 is 0.791 bits per heavy atom. The van der Waals surface area contributed by atoms with Crippen LogP contribution in [0.5, 0.6) is 103 Å². The van der Waals surface area contributed by atoms with Crippen LogP contribution in [-0.4, -0.2) is 24.7 Å². The van der Waals surface area contributed by atoms with E-state index < -0.39 is 0 Å². The highest BCUT2D eigenvalue weighted by Crippen LogP contribution is 2.55. The maximum atomic E-state index is 6.61. The highest BCUT2D eigenvalue weighted by atomic mass is 16.5. The first kappa shape index (κ1) is 60.3. The van der Waals surface area contributed by atoms with E-state index in [1.54, 1.807) is 0 Å². The molecule has 0 saturated heterocycles. The predicted molar refractivity (Wildman–Crippen MR) is 436 cm³/mol. The lowest BCUT2D eigenvalue weighted by molar-refractivity contribution is 0.442. The Hall–Kier alpha value is -13.9. The van der Waals surface area contributed by atoms with Crippen LogP contribution in [0.2, 0.25) is 0 Å². The number of ether oxygens (including phenoxy) is 9. The molecule has 0 aliphatic carbocycles. The topological polar surface area (TPSA) is 94.5 Å². The molecule has 11 aliphatic heterocycles. The molecular weight excluding hydrogens is 1360 g/mol. The fraction of sp³-hybridized carbons (Fsp3) is 0.0526. The third-order valence-corrected chi connectivity index (χ3v) is 24.1. The van der Waals surface area contributed by atoms with E-state index in [1.807, 2.05) is 109 Å². The zero-order chi connectivity index (χ0) is 71.9. The molecule has 12 heterocycles. The molecule has 0 bridgehead atoms. The van der Waals surface area contributed by atoms with Crippen molar-refractivity contribution in [2.45, 2.75) is 32.1 Å². The molecule has 0 N–H and O–H groups in total. The standard InChI is InChI=1S/C33H22BNO3.C32H20BNO3.C30H16BNO3/c1-33(2)20-9-3-5-11-22(20)35(23-12-6-4-10-21(23)33)19-17-28-32-29(18-19)38-27-16-8-14-25-31(27)34(32)30-24(36-25)13-7-15-26(30)37-28;1-3-9-22-19(7-1)15-16-20-8-2-4-10-23(20)34(22)21-17-28-32-29(18-21)37-27-14-6-12-25-31(27)33(32)30-24(35-25)11-5-13-26(30)36-28;1-3-9-20-18(7-1)19-8-2-4-10-21(19)32(20)17-15-26-30-27(16-17)35-25-14-6-12-23-29(25)31(30)28-22(33-23)11-5-13-24(28)34-26/h3-18H,1-2H3;1-14,17-18H,15-16H2;1-16H. The summed E-state index contributed by atoms with van der Waals surface area (Å²) in [5.74, 6) is 15.1. The Morgan fingerprint density at radius 2 is 0.473 bits per heavy atom. The van der Waals surface area contributed by atoms with Crippen LogP contribution in [0, 0.1) is 0 Å². The van der Waals surface area contributed by atoms with Crippen LogP contribution < -0.4 is 102 Å². The highest BCUT2D eigenvalue weighted by molar-refractivity contribution is 7.01. The van der Waals surface area contributed by atoms with Crippen LogP contribution >= 0.6 is 0 Å². The molecule has 0 amide bonds. The van der Waals surface area contributed by atoms with Crippen LogP contribution in [0.3, 0.4) is 0 Å². The Balaban J connectivity index is 0.0000000942. The molecule has 27 rings (SSSR count). The molecule has 516 valence electrons. The highest BCUT2D eigenvalue weighted by Gasteiger charge is 2.51. The molecule has 0 spiro atoms. The first-order valence-corrected chi connectivity index (χ1v) is 37.6. The quantitative estimate of drug-likeness (QED) is 0.158. The Kier molecular flexibility index (Phi) is 12.1. The predicted octanol–water partition coefficient (Wildman–Crippen LogP) is 18.3. The first-order chi connectivity index (χ1) is 54.3. The minimum Gasteiger partial charge on any atom is -0.458 e. The number of nitrogens with zero attached hydrogens (tertiary/aromatic N) is 3. The van der Waals surface area contributed by atoms with Gasteiger partial charge in [-0.3, -0.25) is 0 Å². The fourth-order valence-electron chi connectivity index (χ4n) is 19.5. The van der Waals surface area contributed by atoms with Gasteiger partial charge in [0.1, 0.15) is 103 Å². The van der Waals surface area contributed by atoms with Crippen molar-refractivity contribution in [1.82, 2.24) is 4.57 Å². The van der Waals surface area contributed by atoms with Crippen LogP contribution in [0.25, 0.3) is 27.5 Å². The third-order valence-electron chi connectivity index (χ3n) is 24.1. The van der Waals surface area contributed by atoms with Crippen molar-refractivity contribution in [2.75, 3.05) is 9.80 Å². The Morgan fingerprint density at radius 1 is 0.236 bits per heavy atom.